The standard InChI is InChI=1S/C24H33N3O4/c1-6-7-14-30-22-17(2)20(25-19-11-9-8-10-18(19)22)15-26-12-13-27(16-21(26)28)23(29)31-24(3,4)5/h8-11H,6-7,12-16H2,1-5H3. The van der Waals surface area contributed by atoms with Gasteiger partial charge in [0.15, 0.2) is 0 Å². The summed E-state index contributed by atoms with van der Waals surface area (Å²) in [7, 11) is 0. The molecule has 1 aromatic carbocycles. The second-order valence-corrected chi connectivity index (χ2v) is 8.95. The van der Waals surface area contributed by atoms with Crippen molar-refractivity contribution in [3.63, 3.8) is 0 Å². The number of pyridine rings is 1. The maximum atomic E-state index is 12.8. The third-order valence-corrected chi connectivity index (χ3v) is 5.23. The Hall–Kier alpha value is -2.83. The second kappa shape index (κ2) is 9.54. The first-order valence-corrected chi connectivity index (χ1v) is 11.0. The van der Waals surface area contributed by atoms with Crippen molar-refractivity contribution < 1.29 is 19.1 Å². The van der Waals surface area contributed by atoms with Crippen molar-refractivity contribution in [3.05, 3.63) is 35.5 Å². The lowest BCUT2D eigenvalue weighted by atomic mass is 10.1. The molecule has 1 aliphatic heterocycles. The third kappa shape index (κ3) is 5.66. The molecule has 3 rings (SSSR count). The van der Waals surface area contributed by atoms with Crippen LogP contribution in [0.15, 0.2) is 24.3 Å². The minimum atomic E-state index is -0.586. The summed E-state index contributed by atoms with van der Waals surface area (Å²) in [4.78, 5) is 33.1. The number of ether oxygens (including phenoxy) is 2. The molecule has 0 N–H and O–H groups in total. The Balaban J connectivity index is 1.77. The number of fused-ring (bicyclic) bond motifs is 1. The molecule has 168 valence electrons. The summed E-state index contributed by atoms with van der Waals surface area (Å²) in [5.41, 5.74) is 2.05. The topological polar surface area (TPSA) is 72.0 Å². The predicted molar refractivity (Wildman–Crippen MR) is 120 cm³/mol. The van der Waals surface area contributed by atoms with Crippen LogP contribution in [0.5, 0.6) is 5.75 Å². The number of piperazine rings is 1. The van der Waals surface area contributed by atoms with Crippen LogP contribution < -0.4 is 4.74 Å². The molecule has 0 bridgehead atoms. The van der Waals surface area contributed by atoms with Crippen molar-refractivity contribution in [1.82, 2.24) is 14.8 Å². The molecule has 0 unspecified atom stereocenters. The number of hydrogen-bond donors (Lipinski definition) is 0. The highest BCUT2D eigenvalue weighted by Crippen LogP contribution is 2.31. The fourth-order valence-electron chi connectivity index (χ4n) is 3.52. The summed E-state index contributed by atoms with van der Waals surface area (Å²) in [5.74, 6) is 0.730. The lowest BCUT2D eigenvalue weighted by Gasteiger charge is -2.35. The number of aromatic nitrogens is 1. The summed E-state index contributed by atoms with van der Waals surface area (Å²) < 4.78 is 11.5. The van der Waals surface area contributed by atoms with Gasteiger partial charge in [-0.05, 0) is 46.2 Å². The van der Waals surface area contributed by atoms with Gasteiger partial charge in [-0.2, -0.15) is 0 Å². The van der Waals surface area contributed by atoms with E-state index in [9.17, 15) is 9.59 Å². The highest BCUT2D eigenvalue weighted by Gasteiger charge is 2.31. The lowest BCUT2D eigenvalue weighted by molar-refractivity contribution is -0.136. The molecule has 7 nitrogen and oxygen atoms in total. The average molecular weight is 428 g/mol. The number of rotatable bonds is 6. The summed E-state index contributed by atoms with van der Waals surface area (Å²) in [6.45, 7) is 11.5. The zero-order chi connectivity index (χ0) is 22.6. The number of carbonyl (C=O) groups excluding carboxylic acids is 2. The van der Waals surface area contributed by atoms with E-state index in [1.807, 2.05) is 52.0 Å². The molecular formula is C24H33N3O4. The largest absolute Gasteiger partial charge is 0.493 e. The van der Waals surface area contributed by atoms with E-state index in [0.29, 0.717) is 26.2 Å². The molecule has 31 heavy (non-hydrogen) atoms. The Kier molecular flexibility index (Phi) is 7.03. The molecule has 0 aliphatic carbocycles. The first-order chi connectivity index (χ1) is 14.7. The van der Waals surface area contributed by atoms with Crippen molar-refractivity contribution in [2.24, 2.45) is 0 Å². The first-order valence-electron chi connectivity index (χ1n) is 11.0. The van der Waals surface area contributed by atoms with Gasteiger partial charge in [0.05, 0.1) is 24.4 Å². The Bertz CT molecular complexity index is 952. The number of hydrogen-bond acceptors (Lipinski definition) is 5. The fourth-order valence-corrected chi connectivity index (χ4v) is 3.52. The molecule has 2 heterocycles. The van der Waals surface area contributed by atoms with E-state index < -0.39 is 11.7 Å². The van der Waals surface area contributed by atoms with Gasteiger partial charge in [-0.15, -0.1) is 0 Å². The smallest absolute Gasteiger partial charge is 0.410 e. The monoisotopic (exact) mass is 427 g/mol. The maximum Gasteiger partial charge on any atom is 0.410 e. The molecule has 0 atom stereocenters. The van der Waals surface area contributed by atoms with Crippen LogP contribution in [0.4, 0.5) is 4.79 Å². The van der Waals surface area contributed by atoms with Gasteiger partial charge in [0.25, 0.3) is 0 Å². The zero-order valence-electron chi connectivity index (χ0n) is 19.2. The SMILES string of the molecule is CCCCOc1c(C)c(CN2CCN(C(=O)OC(C)(C)C)CC2=O)nc2ccccc12. The molecule has 1 aliphatic rings. The number of para-hydroxylation sites is 1. The van der Waals surface area contributed by atoms with E-state index >= 15 is 0 Å². The van der Waals surface area contributed by atoms with Crippen molar-refractivity contribution in [3.8, 4) is 5.75 Å². The molecule has 7 heteroatoms. The van der Waals surface area contributed by atoms with E-state index in [0.717, 1.165) is 40.8 Å². The van der Waals surface area contributed by atoms with E-state index in [1.165, 1.54) is 4.90 Å². The van der Waals surface area contributed by atoms with Crippen LogP contribution in [0.1, 0.15) is 51.8 Å². The van der Waals surface area contributed by atoms with Crippen LogP contribution >= 0.6 is 0 Å². The number of carbonyl (C=O) groups is 2. The normalized spacial score (nSPS) is 14.8. The van der Waals surface area contributed by atoms with E-state index in [4.69, 9.17) is 14.5 Å². The van der Waals surface area contributed by atoms with Crippen LogP contribution in [-0.2, 0) is 16.1 Å². The minimum Gasteiger partial charge on any atom is -0.493 e. The number of benzene rings is 1. The summed E-state index contributed by atoms with van der Waals surface area (Å²) in [6, 6.07) is 7.92. The highest BCUT2D eigenvalue weighted by atomic mass is 16.6. The highest BCUT2D eigenvalue weighted by molar-refractivity contribution is 5.87. The first kappa shape index (κ1) is 22.8. The van der Waals surface area contributed by atoms with Gasteiger partial charge in [0, 0.05) is 24.0 Å². The molecule has 1 fully saturated rings. The molecule has 0 spiro atoms. The van der Waals surface area contributed by atoms with Crippen molar-refractivity contribution >= 4 is 22.9 Å². The summed E-state index contributed by atoms with van der Waals surface area (Å²) in [5, 5.41) is 0.987. The quantitative estimate of drug-likeness (QED) is 0.643. The van der Waals surface area contributed by atoms with Gasteiger partial charge in [-0.1, -0.05) is 25.5 Å². The van der Waals surface area contributed by atoms with Crippen LogP contribution in [0, 0.1) is 6.92 Å². The molecular weight excluding hydrogens is 394 g/mol. The number of unbranched alkanes of at least 4 members (excludes halogenated alkanes) is 1. The molecule has 2 aromatic rings. The molecule has 0 saturated carbocycles. The van der Waals surface area contributed by atoms with Crippen molar-refractivity contribution in [2.45, 2.75) is 59.6 Å². The predicted octanol–water partition coefficient (Wildman–Crippen LogP) is 4.30. The van der Waals surface area contributed by atoms with E-state index in [1.54, 1.807) is 4.90 Å². The zero-order valence-corrected chi connectivity index (χ0v) is 19.2. The van der Waals surface area contributed by atoms with Gasteiger partial charge in [-0.25, -0.2) is 4.79 Å². The maximum absolute atomic E-state index is 12.8. The van der Waals surface area contributed by atoms with E-state index in [2.05, 4.69) is 6.92 Å². The van der Waals surface area contributed by atoms with Crippen LogP contribution in [0.25, 0.3) is 10.9 Å². The molecule has 0 radical (unpaired) electrons. The van der Waals surface area contributed by atoms with Crippen molar-refractivity contribution in [2.75, 3.05) is 26.2 Å². The molecule has 1 saturated heterocycles. The Morgan fingerprint density at radius 3 is 2.61 bits per heavy atom. The average Bonchev–Trinajstić information content (AvgIpc) is 2.70. The Morgan fingerprint density at radius 2 is 1.94 bits per heavy atom. The minimum absolute atomic E-state index is 0.0153. The summed E-state index contributed by atoms with van der Waals surface area (Å²) in [6.07, 6.45) is 1.59. The molecule has 2 amide bonds. The molecule has 1 aromatic heterocycles. The van der Waals surface area contributed by atoms with Gasteiger partial charge < -0.3 is 14.4 Å². The van der Waals surface area contributed by atoms with Crippen molar-refractivity contribution in [1.29, 1.82) is 0 Å². The van der Waals surface area contributed by atoms with Crippen LogP contribution in [0.3, 0.4) is 0 Å². The number of nitrogens with zero attached hydrogens (tertiary/aromatic N) is 3. The second-order valence-electron chi connectivity index (χ2n) is 8.95. The fraction of sp³-hybridized carbons (Fsp3) is 0.542. The van der Waals surface area contributed by atoms with Crippen LogP contribution in [-0.4, -0.2) is 58.6 Å². The van der Waals surface area contributed by atoms with Crippen LogP contribution in [0.2, 0.25) is 0 Å². The van der Waals surface area contributed by atoms with Gasteiger partial charge in [-0.3, -0.25) is 14.7 Å². The Morgan fingerprint density at radius 1 is 1.19 bits per heavy atom. The van der Waals surface area contributed by atoms with Gasteiger partial charge >= 0.3 is 6.09 Å². The lowest BCUT2D eigenvalue weighted by Crippen LogP contribution is -2.52. The van der Waals surface area contributed by atoms with Gasteiger partial charge in [0.2, 0.25) is 5.91 Å². The third-order valence-electron chi connectivity index (χ3n) is 5.23. The van der Waals surface area contributed by atoms with E-state index in [-0.39, 0.29) is 12.5 Å². The number of amides is 2. The Labute approximate surface area is 184 Å². The summed E-state index contributed by atoms with van der Waals surface area (Å²) >= 11 is 0. The van der Waals surface area contributed by atoms with Gasteiger partial charge in [0.1, 0.15) is 17.9 Å².